The second-order valence-corrected chi connectivity index (χ2v) is 7.19. The highest BCUT2D eigenvalue weighted by atomic mass is 32.2. The Balaban J connectivity index is 2.36. The molecule has 1 aliphatic heterocycles. The maximum atomic E-state index is 12.4. The van der Waals surface area contributed by atoms with Crippen molar-refractivity contribution in [2.45, 2.75) is 44.4 Å². The molecule has 1 unspecified atom stereocenters. The Morgan fingerprint density at radius 2 is 1.95 bits per heavy atom. The van der Waals surface area contributed by atoms with Gasteiger partial charge in [0, 0.05) is 19.6 Å². The third-order valence-corrected chi connectivity index (χ3v) is 5.20. The number of piperidine rings is 1. The molecule has 1 amide bonds. The number of nitrogens with two attached hydrogens (primary N) is 1. The third-order valence-electron chi connectivity index (χ3n) is 3.66. The van der Waals surface area contributed by atoms with E-state index in [0.29, 0.717) is 25.8 Å². The van der Waals surface area contributed by atoms with Gasteiger partial charge >= 0.3 is 5.76 Å². The van der Waals surface area contributed by atoms with Crippen molar-refractivity contribution in [2.75, 3.05) is 19.6 Å². The van der Waals surface area contributed by atoms with Crippen LogP contribution in [0.25, 0.3) is 0 Å². The van der Waals surface area contributed by atoms with E-state index >= 15 is 0 Å². The molecule has 1 heterocycles. The summed E-state index contributed by atoms with van der Waals surface area (Å²) in [6, 6.07) is -0.533. The van der Waals surface area contributed by atoms with E-state index in [-0.39, 0.29) is 24.9 Å². The van der Waals surface area contributed by atoms with Crippen molar-refractivity contribution in [1.82, 2.24) is 9.62 Å². The quantitative estimate of drug-likeness (QED) is 0.712. The average molecular weight is 327 g/mol. The van der Waals surface area contributed by atoms with Gasteiger partial charge in [-0.05, 0) is 25.2 Å². The van der Waals surface area contributed by atoms with E-state index in [0.717, 1.165) is 10.7 Å². The minimum atomic E-state index is -4.48. The summed E-state index contributed by atoms with van der Waals surface area (Å²) in [6.45, 7) is 2.47. The number of nitrogens with zero attached hydrogens (tertiary/aromatic N) is 1. The van der Waals surface area contributed by atoms with Crippen molar-refractivity contribution in [3.05, 3.63) is 0 Å². The van der Waals surface area contributed by atoms with Crippen LogP contribution in [0.1, 0.15) is 32.6 Å². The molecule has 3 N–H and O–H groups in total. The van der Waals surface area contributed by atoms with E-state index < -0.39 is 21.8 Å². The van der Waals surface area contributed by atoms with Gasteiger partial charge in [-0.3, -0.25) is 4.79 Å². The maximum absolute atomic E-state index is 12.4. The molecular formula is C12H23F2N3O3S. The molecule has 1 atom stereocenters. The normalized spacial score (nSPS) is 19.7. The number of alkyl halides is 2. The number of sulfonamides is 1. The second-order valence-electron chi connectivity index (χ2n) is 5.29. The van der Waals surface area contributed by atoms with Crippen LogP contribution in [-0.2, 0) is 14.8 Å². The Bertz CT molecular complexity index is 437. The fraction of sp³-hybridized carbons (Fsp3) is 0.917. The van der Waals surface area contributed by atoms with Gasteiger partial charge in [0.15, 0.2) is 0 Å². The SMILES string of the molecule is CCCC(N)C(=O)NCC1CCN(S(=O)(=O)C(F)F)CC1. The Labute approximate surface area is 124 Å². The number of hydrogen-bond donors (Lipinski definition) is 2. The summed E-state index contributed by atoms with van der Waals surface area (Å²) in [5.74, 6) is -3.51. The summed E-state index contributed by atoms with van der Waals surface area (Å²) in [5.41, 5.74) is 5.67. The lowest BCUT2D eigenvalue weighted by atomic mass is 9.98. The van der Waals surface area contributed by atoms with Crippen LogP contribution in [0, 0.1) is 5.92 Å². The number of carbonyl (C=O) groups excluding carboxylic acids is 1. The predicted molar refractivity (Wildman–Crippen MR) is 75.1 cm³/mol. The minimum Gasteiger partial charge on any atom is -0.354 e. The van der Waals surface area contributed by atoms with E-state index in [9.17, 15) is 22.0 Å². The monoisotopic (exact) mass is 327 g/mol. The van der Waals surface area contributed by atoms with E-state index in [1.807, 2.05) is 6.92 Å². The summed E-state index contributed by atoms with van der Waals surface area (Å²) in [4.78, 5) is 11.6. The van der Waals surface area contributed by atoms with Crippen LogP contribution in [0.2, 0.25) is 0 Å². The molecule has 6 nitrogen and oxygen atoms in total. The molecule has 0 spiro atoms. The largest absolute Gasteiger partial charge is 0.354 e. The molecule has 0 aliphatic carbocycles. The molecule has 0 radical (unpaired) electrons. The van der Waals surface area contributed by atoms with Gasteiger partial charge in [-0.15, -0.1) is 0 Å². The van der Waals surface area contributed by atoms with E-state index in [4.69, 9.17) is 5.73 Å². The smallest absolute Gasteiger partial charge is 0.350 e. The molecule has 1 rings (SSSR count). The first-order chi connectivity index (χ1) is 9.78. The molecule has 21 heavy (non-hydrogen) atoms. The first-order valence-electron chi connectivity index (χ1n) is 7.09. The van der Waals surface area contributed by atoms with Gasteiger partial charge in [0.2, 0.25) is 5.91 Å². The van der Waals surface area contributed by atoms with Crippen LogP contribution < -0.4 is 11.1 Å². The minimum absolute atomic E-state index is 0.0637. The molecule has 0 saturated carbocycles. The highest BCUT2D eigenvalue weighted by Gasteiger charge is 2.34. The van der Waals surface area contributed by atoms with Crippen LogP contribution in [0.5, 0.6) is 0 Å². The number of halogens is 2. The number of hydrogen-bond acceptors (Lipinski definition) is 4. The molecule has 0 aromatic heterocycles. The van der Waals surface area contributed by atoms with E-state index in [1.165, 1.54) is 0 Å². The molecule has 0 aromatic rings. The van der Waals surface area contributed by atoms with Crippen molar-refractivity contribution >= 4 is 15.9 Å². The Hall–Kier alpha value is -0.800. The number of rotatable bonds is 7. The van der Waals surface area contributed by atoms with Crippen molar-refractivity contribution in [3.8, 4) is 0 Å². The van der Waals surface area contributed by atoms with Crippen molar-refractivity contribution in [1.29, 1.82) is 0 Å². The Morgan fingerprint density at radius 1 is 1.38 bits per heavy atom. The van der Waals surface area contributed by atoms with Crippen LogP contribution >= 0.6 is 0 Å². The summed E-state index contributed by atoms with van der Waals surface area (Å²) >= 11 is 0. The van der Waals surface area contributed by atoms with Gasteiger partial charge in [-0.1, -0.05) is 13.3 Å². The van der Waals surface area contributed by atoms with Crippen molar-refractivity contribution in [2.24, 2.45) is 11.7 Å². The standard InChI is InChI=1S/C12H23F2N3O3S/c1-2-3-10(15)11(18)16-8-9-4-6-17(7-5-9)21(19,20)12(13)14/h9-10,12H,2-8,15H2,1H3,(H,16,18). The lowest BCUT2D eigenvalue weighted by Gasteiger charge is -2.31. The summed E-state index contributed by atoms with van der Waals surface area (Å²) in [7, 11) is -4.48. The van der Waals surface area contributed by atoms with E-state index in [2.05, 4.69) is 5.32 Å². The van der Waals surface area contributed by atoms with Gasteiger partial charge in [0.25, 0.3) is 10.0 Å². The topological polar surface area (TPSA) is 92.5 Å². The van der Waals surface area contributed by atoms with Crippen LogP contribution in [0.3, 0.4) is 0 Å². The Kier molecular flexibility index (Phi) is 6.95. The number of nitrogens with one attached hydrogen (secondary N) is 1. The van der Waals surface area contributed by atoms with Gasteiger partial charge < -0.3 is 11.1 Å². The molecule has 1 aliphatic rings. The Morgan fingerprint density at radius 3 is 2.43 bits per heavy atom. The lowest BCUT2D eigenvalue weighted by molar-refractivity contribution is -0.122. The predicted octanol–water partition coefficient (Wildman–Crippen LogP) is 0.494. The fourth-order valence-corrected chi connectivity index (χ4v) is 3.24. The molecule has 124 valence electrons. The zero-order valence-corrected chi connectivity index (χ0v) is 12.9. The molecule has 9 heteroatoms. The van der Waals surface area contributed by atoms with Crippen molar-refractivity contribution in [3.63, 3.8) is 0 Å². The van der Waals surface area contributed by atoms with Crippen LogP contribution in [0.4, 0.5) is 8.78 Å². The maximum Gasteiger partial charge on any atom is 0.350 e. The fourth-order valence-electron chi connectivity index (χ4n) is 2.30. The zero-order chi connectivity index (χ0) is 16.0. The van der Waals surface area contributed by atoms with Gasteiger partial charge in [-0.2, -0.15) is 13.1 Å². The third kappa shape index (κ3) is 5.15. The number of amides is 1. The molecule has 0 bridgehead atoms. The zero-order valence-electron chi connectivity index (χ0n) is 12.1. The highest BCUT2D eigenvalue weighted by molar-refractivity contribution is 7.89. The van der Waals surface area contributed by atoms with E-state index in [1.54, 1.807) is 0 Å². The second kappa shape index (κ2) is 8.00. The summed E-state index contributed by atoms with van der Waals surface area (Å²) in [6.07, 6.45) is 2.33. The highest BCUT2D eigenvalue weighted by Crippen LogP contribution is 2.22. The first-order valence-corrected chi connectivity index (χ1v) is 8.59. The van der Waals surface area contributed by atoms with Gasteiger partial charge in [0.05, 0.1) is 6.04 Å². The first kappa shape index (κ1) is 18.2. The molecule has 0 aromatic carbocycles. The van der Waals surface area contributed by atoms with Crippen molar-refractivity contribution < 1.29 is 22.0 Å². The summed E-state index contributed by atoms with van der Waals surface area (Å²) < 4.78 is 48.3. The molecule has 1 fully saturated rings. The lowest BCUT2D eigenvalue weighted by Crippen LogP contribution is -2.46. The molecule has 1 saturated heterocycles. The summed E-state index contributed by atoms with van der Waals surface area (Å²) in [5, 5.41) is 2.73. The van der Waals surface area contributed by atoms with Crippen LogP contribution in [-0.4, -0.2) is 50.1 Å². The molecular weight excluding hydrogens is 304 g/mol. The van der Waals surface area contributed by atoms with Gasteiger partial charge in [0.1, 0.15) is 0 Å². The van der Waals surface area contributed by atoms with Crippen LogP contribution in [0.15, 0.2) is 0 Å². The van der Waals surface area contributed by atoms with Gasteiger partial charge in [-0.25, -0.2) is 8.42 Å². The number of carbonyl (C=O) groups is 1. The average Bonchev–Trinajstić information content (AvgIpc) is 2.45.